The number of rotatable bonds is 4. The minimum absolute atomic E-state index is 0.184. The summed E-state index contributed by atoms with van der Waals surface area (Å²) in [6, 6.07) is 7.07. The Morgan fingerprint density at radius 3 is 2.56 bits per heavy atom. The molecule has 3 aliphatic rings. The molecule has 136 valence electrons. The summed E-state index contributed by atoms with van der Waals surface area (Å²) >= 11 is 0. The zero-order valence-electron chi connectivity index (χ0n) is 14.8. The fourth-order valence-electron chi connectivity index (χ4n) is 4.58. The van der Waals surface area contributed by atoms with Gasteiger partial charge in [-0.1, -0.05) is 12.1 Å². The third-order valence-electron chi connectivity index (χ3n) is 6.36. The van der Waals surface area contributed by atoms with E-state index in [2.05, 4.69) is 15.5 Å². The number of piperidine rings is 2. The van der Waals surface area contributed by atoms with Gasteiger partial charge in [-0.05, 0) is 68.3 Å². The van der Waals surface area contributed by atoms with Gasteiger partial charge in [0.15, 0.2) is 0 Å². The maximum Gasteiger partial charge on any atom is 0.223 e. The molecule has 2 aliphatic heterocycles. The van der Waals surface area contributed by atoms with Crippen molar-refractivity contribution in [3.8, 4) is 0 Å². The fraction of sp³-hybridized carbons (Fsp3) is 0.650. The number of likely N-dealkylation sites (tertiary alicyclic amines) is 1. The molecule has 3 fully saturated rings. The van der Waals surface area contributed by atoms with Crippen LogP contribution >= 0.6 is 0 Å². The molecule has 1 spiro atoms. The first-order valence-electron chi connectivity index (χ1n) is 9.63. The van der Waals surface area contributed by atoms with E-state index in [0.717, 1.165) is 70.4 Å². The van der Waals surface area contributed by atoms with Crippen molar-refractivity contribution in [2.24, 2.45) is 11.3 Å². The summed E-state index contributed by atoms with van der Waals surface area (Å²) in [4.78, 5) is 15.0. The van der Waals surface area contributed by atoms with Gasteiger partial charge in [0.05, 0.1) is 0 Å². The first kappa shape index (κ1) is 17.0. The van der Waals surface area contributed by atoms with Gasteiger partial charge in [0.2, 0.25) is 5.91 Å². The summed E-state index contributed by atoms with van der Waals surface area (Å²) in [6.07, 6.45) is 5.41. The number of hydrogen-bond acceptors (Lipinski definition) is 3. The SMILES string of the molecule is O=C(NC1CCN(Cc2ccc(F)cc2)CC1)C1CC12CCNCC2. The van der Waals surface area contributed by atoms with Gasteiger partial charge in [-0.25, -0.2) is 4.39 Å². The Labute approximate surface area is 149 Å². The number of amides is 1. The molecule has 1 atom stereocenters. The van der Waals surface area contributed by atoms with Gasteiger partial charge >= 0.3 is 0 Å². The lowest BCUT2D eigenvalue weighted by atomic mass is 9.91. The molecule has 2 N–H and O–H groups in total. The highest BCUT2D eigenvalue weighted by Gasteiger charge is 2.57. The highest BCUT2D eigenvalue weighted by atomic mass is 19.1. The van der Waals surface area contributed by atoms with Crippen LogP contribution in [0, 0.1) is 17.2 Å². The van der Waals surface area contributed by atoms with Crippen molar-refractivity contribution < 1.29 is 9.18 Å². The normalized spacial score (nSPS) is 26.5. The summed E-state index contributed by atoms with van der Waals surface area (Å²) in [7, 11) is 0. The molecule has 1 aromatic carbocycles. The van der Waals surface area contributed by atoms with Crippen LogP contribution in [0.15, 0.2) is 24.3 Å². The molecule has 1 aliphatic carbocycles. The second kappa shape index (κ2) is 7.04. The van der Waals surface area contributed by atoms with Crippen LogP contribution in [0.3, 0.4) is 0 Å². The number of halogens is 1. The van der Waals surface area contributed by atoms with Crippen molar-refractivity contribution >= 4 is 5.91 Å². The van der Waals surface area contributed by atoms with Gasteiger partial charge in [0, 0.05) is 31.6 Å². The van der Waals surface area contributed by atoms with Crippen LogP contribution in [0.2, 0.25) is 0 Å². The third kappa shape index (κ3) is 3.87. The van der Waals surface area contributed by atoms with Crippen LogP contribution < -0.4 is 10.6 Å². The Kier molecular flexibility index (Phi) is 4.78. The minimum atomic E-state index is -0.184. The van der Waals surface area contributed by atoms with E-state index >= 15 is 0 Å². The highest BCUT2D eigenvalue weighted by molar-refractivity contribution is 5.82. The molecule has 1 unspecified atom stereocenters. The Morgan fingerprint density at radius 2 is 1.88 bits per heavy atom. The van der Waals surface area contributed by atoms with Crippen molar-refractivity contribution in [1.29, 1.82) is 0 Å². The number of benzene rings is 1. The third-order valence-corrected chi connectivity index (χ3v) is 6.36. The van der Waals surface area contributed by atoms with E-state index in [1.165, 1.54) is 12.1 Å². The van der Waals surface area contributed by atoms with Crippen molar-refractivity contribution in [3.05, 3.63) is 35.6 Å². The van der Waals surface area contributed by atoms with Crippen LogP contribution in [-0.2, 0) is 11.3 Å². The standard InChI is InChI=1S/C20H28FN3O/c21-16-3-1-15(2-4-16)14-24-11-5-17(6-12-24)23-19(25)18-13-20(18)7-9-22-10-8-20/h1-4,17-18,22H,5-14H2,(H,23,25). The lowest BCUT2D eigenvalue weighted by Gasteiger charge is -2.32. The Hall–Kier alpha value is -1.46. The number of carbonyl (C=O) groups excluding carboxylic acids is 1. The number of nitrogens with zero attached hydrogens (tertiary/aromatic N) is 1. The second-order valence-electron chi connectivity index (χ2n) is 8.05. The number of carbonyl (C=O) groups is 1. The maximum absolute atomic E-state index is 13.0. The van der Waals surface area contributed by atoms with Gasteiger partial charge in [-0.3, -0.25) is 9.69 Å². The molecule has 5 heteroatoms. The first-order chi connectivity index (χ1) is 12.1. The van der Waals surface area contributed by atoms with E-state index in [1.54, 1.807) is 0 Å². The van der Waals surface area contributed by atoms with Crippen molar-refractivity contribution in [3.63, 3.8) is 0 Å². The van der Waals surface area contributed by atoms with Crippen molar-refractivity contribution in [2.45, 2.75) is 44.7 Å². The van der Waals surface area contributed by atoms with Gasteiger partial charge in [0.1, 0.15) is 5.82 Å². The molecule has 4 nitrogen and oxygen atoms in total. The van der Waals surface area contributed by atoms with Gasteiger partial charge in [-0.15, -0.1) is 0 Å². The molecule has 25 heavy (non-hydrogen) atoms. The van der Waals surface area contributed by atoms with Crippen molar-refractivity contribution in [2.75, 3.05) is 26.2 Å². The second-order valence-corrected chi connectivity index (χ2v) is 8.05. The lowest BCUT2D eigenvalue weighted by Crippen LogP contribution is -2.45. The number of hydrogen-bond donors (Lipinski definition) is 2. The van der Waals surface area contributed by atoms with E-state index in [0.29, 0.717) is 17.4 Å². The molecule has 2 heterocycles. The van der Waals surface area contributed by atoms with Crippen LogP contribution in [0.25, 0.3) is 0 Å². The van der Waals surface area contributed by atoms with E-state index in [-0.39, 0.29) is 11.7 Å². The monoisotopic (exact) mass is 345 g/mol. The molecular formula is C20H28FN3O. The Balaban J connectivity index is 1.21. The van der Waals surface area contributed by atoms with Crippen molar-refractivity contribution in [1.82, 2.24) is 15.5 Å². The summed E-state index contributed by atoms with van der Waals surface area (Å²) in [6.45, 7) is 4.96. The van der Waals surface area contributed by atoms with E-state index < -0.39 is 0 Å². The summed E-state index contributed by atoms with van der Waals surface area (Å²) in [5, 5.41) is 6.70. The quantitative estimate of drug-likeness (QED) is 0.880. The zero-order chi connectivity index (χ0) is 17.3. The zero-order valence-corrected chi connectivity index (χ0v) is 14.8. The molecule has 0 bridgehead atoms. The van der Waals surface area contributed by atoms with Gasteiger partial charge in [-0.2, -0.15) is 0 Å². The maximum atomic E-state index is 13.0. The van der Waals surface area contributed by atoms with E-state index in [1.807, 2.05) is 12.1 Å². The molecular weight excluding hydrogens is 317 g/mol. The van der Waals surface area contributed by atoms with E-state index in [4.69, 9.17) is 0 Å². The summed E-state index contributed by atoms with van der Waals surface area (Å²) in [5.74, 6) is 0.363. The predicted octanol–water partition coefficient (Wildman–Crippen LogP) is 2.30. The van der Waals surface area contributed by atoms with Crippen LogP contribution in [-0.4, -0.2) is 43.0 Å². The molecule has 1 saturated carbocycles. The summed E-state index contributed by atoms with van der Waals surface area (Å²) < 4.78 is 13.0. The highest BCUT2D eigenvalue weighted by Crippen LogP contribution is 2.58. The number of nitrogens with one attached hydrogen (secondary N) is 2. The summed E-state index contributed by atoms with van der Waals surface area (Å²) in [5.41, 5.74) is 1.47. The largest absolute Gasteiger partial charge is 0.353 e. The molecule has 0 aromatic heterocycles. The lowest BCUT2D eigenvalue weighted by molar-refractivity contribution is -0.124. The molecule has 0 radical (unpaired) electrons. The smallest absolute Gasteiger partial charge is 0.223 e. The first-order valence-corrected chi connectivity index (χ1v) is 9.63. The van der Waals surface area contributed by atoms with Gasteiger partial charge in [0.25, 0.3) is 0 Å². The van der Waals surface area contributed by atoms with Gasteiger partial charge < -0.3 is 10.6 Å². The average molecular weight is 345 g/mol. The minimum Gasteiger partial charge on any atom is -0.353 e. The predicted molar refractivity (Wildman–Crippen MR) is 95.5 cm³/mol. The topological polar surface area (TPSA) is 44.4 Å². The van der Waals surface area contributed by atoms with Crippen LogP contribution in [0.5, 0.6) is 0 Å². The average Bonchev–Trinajstić information content (AvgIpc) is 3.32. The van der Waals surface area contributed by atoms with E-state index in [9.17, 15) is 9.18 Å². The molecule has 1 aromatic rings. The van der Waals surface area contributed by atoms with Crippen LogP contribution in [0.4, 0.5) is 4.39 Å². The Morgan fingerprint density at radius 1 is 1.20 bits per heavy atom. The molecule has 2 saturated heterocycles. The molecule has 4 rings (SSSR count). The fourth-order valence-corrected chi connectivity index (χ4v) is 4.58. The Bertz CT molecular complexity index is 604. The molecule has 1 amide bonds. The van der Waals surface area contributed by atoms with Crippen LogP contribution in [0.1, 0.15) is 37.7 Å².